The van der Waals surface area contributed by atoms with Crippen molar-refractivity contribution in [3.05, 3.63) is 54.5 Å². The van der Waals surface area contributed by atoms with Gasteiger partial charge in [0.2, 0.25) is 0 Å². The fourth-order valence-electron chi connectivity index (χ4n) is 2.93. The molecule has 164 valence electrons. The SMILES string of the molecule is C=C=CP(=O)(OCC)SCCC(N)CCNc1cccc2c(S(=O)(=O)O)cccc12. The second kappa shape index (κ2) is 11.2. The number of hydrogen-bond donors (Lipinski definition) is 3. The molecular weight excluding hydrogens is 443 g/mol. The van der Waals surface area contributed by atoms with Crippen molar-refractivity contribution in [3.8, 4) is 0 Å². The average Bonchev–Trinajstić information content (AvgIpc) is 2.67. The van der Waals surface area contributed by atoms with Crippen molar-refractivity contribution in [3.63, 3.8) is 0 Å². The number of benzene rings is 2. The van der Waals surface area contributed by atoms with Crippen LogP contribution in [0.25, 0.3) is 10.8 Å². The van der Waals surface area contributed by atoms with Crippen LogP contribution >= 0.6 is 18.0 Å². The van der Waals surface area contributed by atoms with E-state index in [-0.39, 0.29) is 10.9 Å². The highest BCUT2D eigenvalue weighted by Gasteiger charge is 2.20. The summed E-state index contributed by atoms with van der Waals surface area (Å²) in [7, 11) is -4.31. The van der Waals surface area contributed by atoms with Gasteiger partial charge in [0.15, 0.2) is 0 Å². The minimum Gasteiger partial charge on any atom is -0.384 e. The Balaban J connectivity index is 1.93. The Kier molecular flexibility index (Phi) is 9.19. The molecule has 0 heterocycles. The summed E-state index contributed by atoms with van der Waals surface area (Å²) in [5, 5.41) is 4.43. The van der Waals surface area contributed by atoms with Crippen LogP contribution in [-0.4, -0.2) is 37.9 Å². The van der Waals surface area contributed by atoms with Crippen molar-refractivity contribution in [2.45, 2.75) is 30.7 Å². The smallest absolute Gasteiger partial charge is 0.295 e. The van der Waals surface area contributed by atoms with Crippen molar-refractivity contribution in [2.24, 2.45) is 5.73 Å². The number of nitrogens with one attached hydrogen (secondary N) is 1. The van der Waals surface area contributed by atoms with Crippen LogP contribution in [-0.2, 0) is 19.2 Å². The van der Waals surface area contributed by atoms with Gasteiger partial charge in [0, 0.05) is 34.8 Å². The van der Waals surface area contributed by atoms with Crippen LogP contribution in [0.1, 0.15) is 19.8 Å². The van der Waals surface area contributed by atoms with Gasteiger partial charge in [0.05, 0.1) is 12.4 Å². The van der Waals surface area contributed by atoms with Gasteiger partial charge in [-0.25, -0.2) is 0 Å². The van der Waals surface area contributed by atoms with E-state index in [2.05, 4.69) is 17.6 Å². The molecule has 0 aliphatic rings. The van der Waals surface area contributed by atoms with E-state index in [1.807, 2.05) is 6.07 Å². The summed E-state index contributed by atoms with van der Waals surface area (Å²) in [6, 6.07) is 9.88. The largest absolute Gasteiger partial charge is 0.384 e. The molecule has 0 radical (unpaired) electrons. The first-order valence-electron chi connectivity index (χ1n) is 9.44. The fraction of sp³-hybridized carbons (Fsp3) is 0.350. The highest BCUT2D eigenvalue weighted by molar-refractivity contribution is 8.57. The van der Waals surface area contributed by atoms with Gasteiger partial charge in [-0.3, -0.25) is 9.12 Å². The average molecular weight is 471 g/mol. The lowest BCUT2D eigenvalue weighted by Gasteiger charge is -2.16. The lowest BCUT2D eigenvalue weighted by Crippen LogP contribution is -2.24. The first-order valence-corrected chi connectivity index (χ1v) is 14.2. The van der Waals surface area contributed by atoms with E-state index >= 15 is 0 Å². The van der Waals surface area contributed by atoms with Gasteiger partial charge in [0.25, 0.3) is 16.7 Å². The molecule has 4 N–H and O–H groups in total. The van der Waals surface area contributed by atoms with Crippen LogP contribution in [0.2, 0.25) is 0 Å². The molecule has 0 aliphatic carbocycles. The van der Waals surface area contributed by atoms with Gasteiger partial charge < -0.3 is 15.6 Å². The molecule has 0 bridgehead atoms. The molecule has 0 spiro atoms. The third-order valence-corrected chi connectivity index (χ3v) is 9.38. The zero-order valence-corrected chi connectivity index (χ0v) is 19.3. The minimum atomic E-state index is -4.31. The van der Waals surface area contributed by atoms with Gasteiger partial charge in [-0.1, -0.05) is 42.2 Å². The molecule has 0 aromatic heterocycles. The van der Waals surface area contributed by atoms with Crippen molar-refractivity contribution in [2.75, 3.05) is 24.2 Å². The molecule has 2 atom stereocenters. The summed E-state index contributed by atoms with van der Waals surface area (Å²) in [4.78, 5) is -0.121. The summed E-state index contributed by atoms with van der Waals surface area (Å²) in [5.74, 6) is 1.97. The van der Waals surface area contributed by atoms with Crippen molar-refractivity contribution in [1.82, 2.24) is 0 Å². The van der Waals surface area contributed by atoms with Crippen LogP contribution in [0.3, 0.4) is 0 Å². The summed E-state index contributed by atoms with van der Waals surface area (Å²) < 4.78 is 50.4. The molecular formula is C20H27N2O5PS2. The van der Waals surface area contributed by atoms with E-state index in [1.165, 1.54) is 23.3 Å². The Hall–Kier alpha value is -1.57. The topological polar surface area (TPSA) is 119 Å². The van der Waals surface area contributed by atoms with E-state index in [0.29, 0.717) is 42.5 Å². The number of rotatable bonds is 12. The second-order valence-electron chi connectivity index (χ2n) is 6.52. The van der Waals surface area contributed by atoms with Crippen LogP contribution < -0.4 is 11.1 Å². The summed E-state index contributed by atoms with van der Waals surface area (Å²) >= 11 is 1.23. The van der Waals surface area contributed by atoms with E-state index in [4.69, 9.17) is 10.3 Å². The molecule has 0 fully saturated rings. The molecule has 0 aliphatic heterocycles. The van der Waals surface area contributed by atoms with Gasteiger partial charge in [-0.2, -0.15) is 8.42 Å². The Morgan fingerprint density at radius 2 is 2.00 bits per heavy atom. The first kappa shape index (κ1) is 24.7. The molecule has 7 nitrogen and oxygen atoms in total. The maximum Gasteiger partial charge on any atom is 0.295 e. The maximum atomic E-state index is 12.5. The van der Waals surface area contributed by atoms with Gasteiger partial charge >= 0.3 is 0 Å². The Morgan fingerprint density at radius 1 is 1.30 bits per heavy atom. The van der Waals surface area contributed by atoms with Gasteiger partial charge in [-0.15, -0.1) is 5.73 Å². The van der Waals surface area contributed by atoms with Crippen LogP contribution in [0.4, 0.5) is 5.69 Å². The number of fused-ring (bicyclic) bond motifs is 1. The van der Waals surface area contributed by atoms with Crippen molar-refractivity contribution >= 4 is 44.5 Å². The van der Waals surface area contributed by atoms with Crippen LogP contribution in [0.5, 0.6) is 0 Å². The zero-order chi connectivity index (χ0) is 22.2. The van der Waals surface area contributed by atoms with E-state index in [9.17, 15) is 17.5 Å². The van der Waals surface area contributed by atoms with Crippen LogP contribution in [0, 0.1) is 0 Å². The fourth-order valence-corrected chi connectivity index (χ4v) is 7.17. The summed E-state index contributed by atoms with van der Waals surface area (Å²) in [5.41, 5.74) is 9.47. The zero-order valence-electron chi connectivity index (χ0n) is 16.8. The number of hydrogen-bond acceptors (Lipinski definition) is 7. The van der Waals surface area contributed by atoms with Crippen molar-refractivity contribution in [1.29, 1.82) is 0 Å². The predicted molar refractivity (Wildman–Crippen MR) is 125 cm³/mol. The molecule has 2 aromatic rings. The van der Waals surface area contributed by atoms with Crippen molar-refractivity contribution < 1.29 is 22.1 Å². The van der Waals surface area contributed by atoms with Gasteiger partial charge in [0.1, 0.15) is 4.90 Å². The number of nitrogens with two attached hydrogens (primary N) is 1. The molecule has 30 heavy (non-hydrogen) atoms. The van der Waals surface area contributed by atoms with E-state index in [1.54, 1.807) is 31.2 Å². The highest BCUT2D eigenvalue weighted by Crippen LogP contribution is 2.60. The third-order valence-electron chi connectivity index (χ3n) is 4.31. The van der Waals surface area contributed by atoms with E-state index < -0.39 is 16.7 Å². The highest BCUT2D eigenvalue weighted by atomic mass is 32.7. The quantitative estimate of drug-likeness (QED) is 0.228. The number of anilines is 1. The molecule has 2 unspecified atom stereocenters. The third kappa shape index (κ3) is 7.00. The predicted octanol–water partition coefficient (Wildman–Crippen LogP) is 4.87. The maximum absolute atomic E-state index is 12.5. The Bertz CT molecular complexity index is 1070. The lowest BCUT2D eigenvalue weighted by atomic mass is 10.1. The Morgan fingerprint density at radius 3 is 2.67 bits per heavy atom. The lowest BCUT2D eigenvalue weighted by molar-refractivity contribution is 0.352. The van der Waals surface area contributed by atoms with Gasteiger partial charge in [-0.05, 0) is 31.9 Å². The normalized spacial score (nSPS) is 14.6. The molecule has 2 rings (SSSR count). The molecule has 0 saturated heterocycles. The molecule has 10 heteroatoms. The molecule has 2 aromatic carbocycles. The molecule has 0 saturated carbocycles. The standard InChI is InChI=1S/C20H27N2O5PS2/c1-3-14-28(23,27-4-2)29-15-12-16(21)11-13-22-19-9-5-8-18-17(19)7-6-10-20(18)30(24,25)26/h5-10,14,16,22H,1,4,11-13,15,21H2,2H3,(H,24,25,26). The minimum absolute atomic E-state index is 0.101. The van der Waals surface area contributed by atoms with E-state index in [0.717, 1.165) is 5.69 Å². The summed E-state index contributed by atoms with van der Waals surface area (Å²) in [6.07, 6.45) is 1.34. The monoisotopic (exact) mass is 470 g/mol. The first-order chi connectivity index (χ1) is 14.2. The van der Waals surface area contributed by atoms with Crippen LogP contribution in [0.15, 0.2) is 59.4 Å². The Labute approximate surface area is 181 Å². The second-order valence-corrected chi connectivity index (χ2v) is 12.5. The summed E-state index contributed by atoms with van der Waals surface area (Å²) in [6.45, 7) is 3.25. The molecule has 0 amide bonds.